The van der Waals surface area contributed by atoms with Crippen molar-refractivity contribution in [1.29, 1.82) is 0 Å². The third-order valence-electron chi connectivity index (χ3n) is 1.26. The molecule has 0 fully saturated rings. The first-order valence-electron chi connectivity index (χ1n) is 2.91. The zero-order valence-electron chi connectivity index (χ0n) is 5.81. The van der Waals surface area contributed by atoms with Gasteiger partial charge in [-0.3, -0.25) is 0 Å². The van der Waals surface area contributed by atoms with Crippen molar-refractivity contribution in [2.24, 2.45) is 0 Å². The minimum absolute atomic E-state index is 0.215. The molecule has 0 unspecified atom stereocenters. The fourth-order valence-corrected chi connectivity index (χ4v) is 1.32. The fourth-order valence-electron chi connectivity index (χ4n) is 0.783. The molecule has 0 saturated heterocycles. The monoisotopic (exact) mass is 172 g/mol. The first kappa shape index (κ1) is 7.87. The Kier molecular flexibility index (Phi) is 2.00. The molecular weight excluding hydrogens is 166 g/mol. The lowest BCUT2D eigenvalue weighted by Crippen LogP contribution is -1.93. The Labute approximate surface area is 64.8 Å². The van der Waals surface area contributed by atoms with E-state index in [4.69, 9.17) is 0 Å². The lowest BCUT2D eigenvalue weighted by atomic mass is 10.3. The fraction of sp³-hybridized carbons (Fsp3) is 0.167. The highest BCUT2D eigenvalue weighted by Crippen LogP contribution is 1.97. The summed E-state index contributed by atoms with van der Waals surface area (Å²) in [5.74, 6) is 0. The molecule has 5 heteroatoms. The molecule has 60 valence electrons. The predicted molar refractivity (Wildman–Crippen MR) is 40.1 cm³/mol. The average molecular weight is 172 g/mol. The van der Waals surface area contributed by atoms with Gasteiger partial charge in [-0.25, -0.2) is 0 Å². The van der Waals surface area contributed by atoms with Gasteiger partial charge in [0.25, 0.3) is 0 Å². The Bertz CT molecular complexity index is 398. The molecule has 4 nitrogen and oxygen atoms in total. The van der Waals surface area contributed by atoms with Gasteiger partial charge in [-0.05, 0) is 24.8 Å². The van der Waals surface area contributed by atoms with Gasteiger partial charge in [0, 0.05) is 0 Å². The number of aryl methyl sites for hydroxylation is 1. The highest BCUT2D eigenvalue weighted by Gasteiger charge is 1.89. The van der Waals surface area contributed by atoms with E-state index in [1.54, 1.807) is 13.0 Å². The maximum absolute atomic E-state index is 10.8. The summed E-state index contributed by atoms with van der Waals surface area (Å²) in [4.78, 5) is 0. The van der Waals surface area contributed by atoms with Gasteiger partial charge in [0.15, 0.2) is 4.64 Å². The van der Waals surface area contributed by atoms with Crippen LogP contribution < -0.4 is 0 Å². The third kappa shape index (κ3) is 1.43. The van der Waals surface area contributed by atoms with Crippen LogP contribution in [0.2, 0.25) is 0 Å². The van der Waals surface area contributed by atoms with Crippen molar-refractivity contribution in [3.63, 3.8) is 0 Å². The van der Waals surface area contributed by atoms with E-state index in [1.165, 1.54) is 6.07 Å². The molecule has 1 heterocycles. The topological polar surface area (TPSA) is 62.1 Å². The van der Waals surface area contributed by atoms with Crippen LogP contribution in [0.3, 0.4) is 0 Å². The van der Waals surface area contributed by atoms with Crippen molar-refractivity contribution in [2.45, 2.75) is 6.92 Å². The van der Waals surface area contributed by atoms with E-state index in [1.807, 2.05) is 0 Å². The maximum Gasteiger partial charge on any atom is 0.238 e. The number of rotatable bonds is 0. The van der Waals surface area contributed by atoms with Crippen LogP contribution >= 0.6 is 0 Å². The number of nitrogens with zero attached hydrogens (tertiary/aromatic N) is 1. The molecule has 0 aliphatic heterocycles. The molecule has 1 aromatic heterocycles. The molecule has 0 bridgehead atoms. The molecule has 0 radical (unpaired) electrons. The molecule has 0 aliphatic rings. The van der Waals surface area contributed by atoms with Crippen LogP contribution in [0.5, 0.6) is 0 Å². The second kappa shape index (κ2) is 2.79. The van der Waals surface area contributed by atoms with Crippen molar-refractivity contribution in [2.75, 3.05) is 0 Å². The number of hydrogen-bond acceptors (Lipinski definition) is 3. The van der Waals surface area contributed by atoms with Crippen LogP contribution in [0, 0.1) is 16.8 Å². The Morgan fingerprint density at radius 2 is 2.18 bits per heavy atom. The summed E-state index contributed by atoms with van der Waals surface area (Å²) in [7, 11) is -2.45. The molecule has 0 spiro atoms. The molecule has 0 aromatic carbocycles. The zero-order chi connectivity index (χ0) is 8.43. The number of hydrogen-bond donors (Lipinski definition) is 0. The molecule has 1 rings (SSSR count). The summed E-state index contributed by atoms with van der Waals surface area (Å²) < 4.78 is 21.0. The molecule has 0 N–H and O–H groups in total. The SMILES string of the molecule is Cc1cccn([O-])c1=S(=O)=O. The van der Waals surface area contributed by atoms with Crippen LogP contribution in [0.1, 0.15) is 5.56 Å². The van der Waals surface area contributed by atoms with E-state index >= 15 is 0 Å². The first-order chi connectivity index (χ1) is 5.13. The van der Waals surface area contributed by atoms with Crippen LogP contribution in [0.25, 0.3) is 0 Å². The van der Waals surface area contributed by atoms with Crippen molar-refractivity contribution in [3.05, 3.63) is 33.7 Å². The molecule has 0 atom stereocenters. The van der Waals surface area contributed by atoms with Gasteiger partial charge in [-0.15, -0.1) is 0 Å². The maximum atomic E-state index is 10.8. The smallest absolute Gasteiger partial charge is 0.238 e. The number of pyridine rings is 1. The summed E-state index contributed by atoms with van der Waals surface area (Å²) in [6, 6.07) is 3.07. The van der Waals surface area contributed by atoms with Crippen molar-refractivity contribution in [1.82, 2.24) is 4.73 Å². The summed E-state index contributed by atoms with van der Waals surface area (Å²) in [5, 5.41) is 10.8. The molecular formula is C6H6NO3S-. The van der Waals surface area contributed by atoms with E-state index in [-0.39, 0.29) is 4.64 Å². The van der Waals surface area contributed by atoms with Gasteiger partial charge in [0.2, 0.25) is 10.3 Å². The quantitative estimate of drug-likeness (QED) is 0.537. The van der Waals surface area contributed by atoms with Crippen molar-refractivity contribution >= 4 is 10.3 Å². The van der Waals surface area contributed by atoms with Gasteiger partial charge in [-0.2, -0.15) is 8.42 Å². The van der Waals surface area contributed by atoms with Gasteiger partial charge in [0.1, 0.15) is 0 Å². The Balaban J connectivity index is 3.89. The highest BCUT2D eigenvalue weighted by molar-refractivity contribution is 7.63. The molecule has 11 heavy (non-hydrogen) atoms. The molecule has 0 saturated carbocycles. The first-order valence-corrected chi connectivity index (χ1v) is 3.98. The van der Waals surface area contributed by atoms with E-state index in [2.05, 4.69) is 0 Å². The van der Waals surface area contributed by atoms with Gasteiger partial charge >= 0.3 is 0 Å². The van der Waals surface area contributed by atoms with Gasteiger partial charge in [0.05, 0.1) is 0 Å². The third-order valence-corrected chi connectivity index (χ3v) is 2.08. The lowest BCUT2D eigenvalue weighted by molar-refractivity contribution is 0.623. The summed E-state index contributed by atoms with van der Waals surface area (Å²) in [6.45, 7) is 1.57. The van der Waals surface area contributed by atoms with Crippen LogP contribution in [-0.4, -0.2) is 13.1 Å². The highest BCUT2D eigenvalue weighted by atomic mass is 32.2. The normalized spacial score (nSPS) is 9.55. The minimum Gasteiger partial charge on any atom is -0.805 e. The summed E-state index contributed by atoms with van der Waals surface area (Å²) in [5.41, 5.74) is 0.454. The van der Waals surface area contributed by atoms with E-state index in [0.29, 0.717) is 10.3 Å². The second-order valence-corrected chi connectivity index (χ2v) is 2.91. The predicted octanol–water partition coefficient (Wildman–Crippen LogP) is 0.554. The number of aromatic nitrogens is 1. The largest absolute Gasteiger partial charge is 0.805 e. The molecule has 1 aromatic rings. The van der Waals surface area contributed by atoms with Crippen LogP contribution in [0.4, 0.5) is 0 Å². The van der Waals surface area contributed by atoms with Crippen LogP contribution in [0.15, 0.2) is 18.3 Å². The summed E-state index contributed by atoms with van der Waals surface area (Å²) in [6.07, 6.45) is 1.15. The Morgan fingerprint density at radius 3 is 2.55 bits per heavy atom. The van der Waals surface area contributed by atoms with Gasteiger partial charge < -0.3 is 9.94 Å². The molecule has 0 aliphatic carbocycles. The van der Waals surface area contributed by atoms with Crippen molar-refractivity contribution in [3.8, 4) is 0 Å². The zero-order valence-corrected chi connectivity index (χ0v) is 6.63. The van der Waals surface area contributed by atoms with E-state index in [9.17, 15) is 13.6 Å². The lowest BCUT2D eigenvalue weighted by Gasteiger charge is -2.09. The van der Waals surface area contributed by atoms with Crippen LogP contribution in [-0.2, 0) is 10.3 Å². The Hall–Kier alpha value is -1.23. The minimum atomic E-state index is -2.45. The van der Waals surface area contributed by atoms with Gasteiger partial charge in [-0.1, -0.05) is 6.07 Å². The van der Waals surface area contributed by atoms with Crippen molar-refractivity contribution < 1.29 is 8.42 Å². The Morgan fingerprint density at radius 1 is 1.55 bits per heavy atom. The van der Waals surface area contributed by atoms with E-state index < -0.39 is 10.3 Å². The average Bonchev–Trinajstić information content (AvgIpc) is 1.85. The summed E-state index contributed by atoms with van der Waals surface area (Å²) >= 11 is 0. The molecule has 0 amide bonds. The second-order valence-electron chi connectivity index (χ2n) is 2.06. The van der Waals surface area contributed by atoms with E-state index in [0.717, 1.165) is 6.20 Å². The standard InChI is InChI=1S/C6H6NO3S/c1-5-3-2-4-7(8)6(5)11(9)10/h2-4H,1H3/q-1.